The highest BCUT2D eigenvalue weighted by molar-refractivity contribution is 5.69. The van der Waals surface area contributed by atoms with Crippen molar-refractivity contribution in [2.24, 2.45) is 0 Å². The molecule has 60 heavy (non-hydrogen) atoms. The van der Waals surface area contributed by atoms with Gasteiger partial charge in [-0.05, 0) is 77.0 Å². The summed E-state index contributed by atoms with van der Waals surface area (Å²) < 4.78 is 22.9. The Morgan fingerprint density at radius 1 is 0.550 bits per heavy atom. The number of aliphatic hydroxyl groups is 4. The Kier molecular flexibility index (Phi) is 39.3. The number of hydrogen-bond donors (Lipinski definition) is 4. The van der Waals surface area contributed by atoms with Crippen molar-refractivity contribution in [1.29, 1.82) is 0 Å². The molecule has 1 aliphatic heterocycles. The Hall–Kier alpha value is -2.11. The number of carbonyl (C=O) groups is 1. The Morgan fingerprint density at radius 3 is 1.55 bits per heavy atom. The maximum absolute atomic E-state index is 12.8. The van der Waals surface area contributed by atoms with Crippen molar-refractivity contribution in [3.8, 4) is 0 Å². The molecule has 0 saturated carbocycles. The van der Waals surface area contributed by atoms with Crippen molar-refractivity contribution in [2.45, 2.75) is 230 Å². The van der Waals surface area contributed by atoms with E-state index in [1.807, 2.05) is 0 Å². The Labute approximate surface area is 366 Å². The number of allylic oxidation sites excluding steroid dienone is 10. The molecule has 1 rings (SSSR count). The summed E-state index contributed by atoms with van der Waals surface area (Å²) in [6.45, 7) is 4.42. The molecule has 9 nitrogen and oxygen atoms in total. The van der Waals surface area contributed by atoms with Crippen LogP contribution in [-0.2, 0) is 23.7 Å². The zero-order valence-electron chi connectivity index (χ0n) is 38.2. The van der Waals surface area contributed by atoms with Gasteiger partial charge in [0.25, 0.3) is 0 Å². The first kappa shape index (κ1) is 55.9. The molecule has 1 fully saturated rings. The van der Waals surface area contributed by atoms with Gasteiger partial charge in [0.1, 0.15) is 30.5 Å². The van der Waals surface area contributed by atoms with Gasteiger partial charge in [-0.2, -0.15) is 0 Å². The van der Waals surface area contributed by atoms with Crippen LogP contribution in [0.3, 0.4) is 0 Å². The number of ether oxygens (including phenoxy) is 4. The molecule has 0 bridgehead atoms. The molecule has 1 saturated heterocycles. The predicted octanol–water partition coefficient (Wildman–Crippen LogP) is 11.5. The van der Waals surface area contributed by atoms with Crippen molar-refractivity contribution >= 4 is 5.97 Å². The molecule has 6 atom stereocenters. The first-order valence-corrected chi connectivity index (χ1v) is 24.4. The van der Waals surface area contributed by atoms with Crippen LogP contribution < -0.4 is 0 Å². The molecule has 348 valence electrons. The van der Waals surface area contributed by atoms with E-state index >= 15 is 0 Å². The summed E-state index contributed by atoms with van der Waals surface area (Å²) in [5.74, 6) is -0.323. The van der Waals surface area contributed by atoms with Crippen LogP contribution >= 0.6 is 0 Å². The number of aliphatic hydroxyl groups excluding tert-OH is 4. The van der Waals surface area contributed by atoms with E-state index in [1.54, 1.807) is 0 Å². The van der Waals surface area contributed by atoms with E-state index in [2.05, 4.69) is 74.6 Å². The fourth-order valence-corrected chi connectivity index (χ4v) is 7.12. The lowest BCUT2D eigenvalue weighted by molar-refractivity contribution is -0.305. The van der Waals surface area contributed by atoms with Gasteiger partial charge < -0.3 is 39.4 Å². The van der Waals surface area contributed by atoms with Crippen molar-refractivity contribution < 1.29 is 44.2 Å². The molecule has 6 unspecified atom stereocenters. The van der Waals surface area contributed by atoms with Crippen molar-refractivity contribution in [1.82, 2.24) is 0 Å². The van der Waals surface area contributed by atoms with Crippen LogP contribution in [0.15, 0.2) is 60.8 Å². The maximum atomic E-state index is 12.8. The average molecular weight is 847 g/mol. The first-order valence-electron chi connectivity index (χ1n) is 24.4. The molecule has 0 radical (unpaired) electrons. The van der Waals surface area contributed by atoms with Crippen LogP contribution in [0.1, 0.15) is 194 Å². The molecule has 9 heteroatoms. The molecule has 0 spiro atoms. The highest BCUT2D eigenvalue weighted by Crippen LogP contribution is 2.22. The van der Waals surface area contributed by atoms with Crippen molar-refractivity contribution in [3.05, 3.63) is 60.8 Å². The molecule has 0 amide bonds. The normalized spacial score (nSPS) is 20.5. The molecular formula is C51H90O9. The van der Waals surface area contributed by atoms with Gasteiger partial charge in [-0.3, -0.25) is 4.79 Å². The van der Waals surface area contributed by atoms with Crippen LogP contribution in [-0.4, -0.2) is 89.6 Å². The fraction of sp³-hybridized carbons (Fsp3) is 0.784. The highest BCUT2D eigenvalue weighted by atomic mass is 16.7. The lowest BCUT2D eigenvalue weighted by Crippen LogP contribution is -2.59. The van der Waals surface area contributed by atoms with Gasteiger partial charge in [-0.1, -0.05) is 171 Å². The lowest BCUT2D eigenvalue weighted by atomic mass is 9.99. The molecule has 0 aromatic carbocycles. The molecule has 0 aromatic rings. The van der Waals surface area contributed by atoms with Gasteiger partial charge in [0.2, 0.25) is 0 Å². The maximum Gasteiger partial charge on any atom is 0.306 e. The van der Waals surface area contributed by atoms with Crippen molar-refractivity contribution in [2.75, 3.05) is 26.4 Å². The number of esters is 1. The van der Waals surface area contributed by atoms with E-state index in [-0.39, 0.29) is 19.2 Å². The zero-order valence-corrected chi connectivity index (χ0v) is 38.2. The van der Waals surface area contributed by atoms with Gasteiger partial charge in [0, 0.05) is 13.0 Å². The number of hydrogen-bond acceptors (Lipinski definition) is 9. The van der Waals surface area contributed by atoms with Crippen LogP contribution in [0, 0.1) is 0 Å². The molecule has 1 heterocycles. The third-order valence-electron chi connectivity index (χ3n) is 10.9. The minimum absolute atomic E-state index is 0.121. The van der Waals surface area contributed by atoms with Gasteiger partial charge in [0.05, 0.1) is 19.8 Å². The average Bonchev–Trinajstić information content (AvgIpc) is 3.25. The summed E-state index contributed by atoms with van der Waals surface area (Å²) >= 11 is 0. The van der Waals surface area contributed by atoms with E-state index < -0.39 is 43.4 Å². The second-order valence-corrected chi connectivity index (χ2v) is 16.5. The van der Waals surface area contributed by atoms with E-state index in [1.165, 1.54) is 103 Å². The SMILES string of the molecule is CC/C=C\C/C=C\C/C=C\C/C=C\CCCCCCCCCOCC(COC1OC(CO)C(O)C(O)C1O)OC(=O)CCCCCCCCC/C=C\CCCCCCCC. The van der Waals surface area contributed by atoms with Crippen LogP contribution in [0.4, 0.5) is 0 Å². The van der Waals surface area contributed by atoms with Gasteiger partial charge in [0.15, 0.2) is 6.29 Å². The Bertz CT molecular complexity index is 1100. The molecule has 0 aromatic heterocycles. The van der Waals surface area contributed by atoms with E-state index in [0.717, 1.165) is 70.6 Å². The van der Waals surface area contributed by atoms with E-state index in [0.29, 0.717) is 13.0 Å². The molecule has 4 N–H and O–H groups in total. The van der Waals surface area contributed by atoms with Crippen LogP contribution in [0.5, 0.6) is 0 Å². The topological polar surface area (TPSA) is 135 Å². The molecular weight excluding hydrogens is 757 g/mol. The Morgan fingerprint density at radius 2 is 1.02 bits per heavy atom. The third-order valence-corrected chi connectivity index (χ3v) is 10.9. The summed E-state index contributed by atoms with van der Waals surface area (Å²) in [6, 6.07) is 0. The minimum atomic E-state index is -1.54. The fourth-order valence-electron chi connectivity index (χ4n) is 7.12. The molecule has 0 aliphatic carbocycles. The highest BCUT2D eigenvalue weighted by Gasteiger charge is 2.44. The van der Waals surface area contributed by atoms with Gasteiger partial charge in [-0.15, -0.1) is 0 Å². The summed E-state index contributed by atoms with van der Waals surface area (Å²) in [5, 5.41) is 40.2. The van der Waals surface area contributed by atoms with Crippen LogP contribution in [0.25, 0.3) is 0 Å². The minimum Gasteiger partial charge on any atom is -0.457 e. The molecule has 1 aliphatic rings. The predicted molar refractivity (Wildman–Crippen MR) is 247 cm³/mol. The van der Waals surface area contributed by atoms with E-state index in [9.17, 15) is 25.2 Å². The smallest absolute Gasteiger partial charge is 0.306 e. The zero-order chi connectivity index (χ0) is 43.6. The summed E-state index contributed by atoms with van der Waals surface area (Å²) in [5.41, 5.74) is 0. The monoisotopic (exact) mass is 847 g/mol. The van der Waals surface area contributed by atoms with Gasteiger partial charge >= 0.3 is 5.97 Å². The number of unbranched alkanes of at least 4 members (excludes halogenated alkanes) is 20. The second kappa shape index (κ2) is 42.2. The first-order chi connectivity index (χ1) is 29.4. The lowest BCUT2D eigenvalue weighted by Gasteiger charge is -2.39. The third kappa shape index (κ3) is 32.6. The Balaban J connectivity index is 2.24. The van der Waals surface area contributed by atoms with Crippen molar-refractivity contribution in [3.63, 3.8) is 0 Å². The van der Waals surface area contributed by atoms with Gasteiger partial charge in [-0.25, -0.2) is 0 Å². The summed E-state index contributed by atoms with van der Waals surface area (Å²) in [7, 11) is 0. The van der Waals surface area contributed by atoms with Crippen LogP contribution in [0.2, 0.25) is 0 Å². The standard InChI is InChI=1S/C51H90O9/c1-3-5-7-9-11-13-15-17-19-21-22-23-25-27-29-31-33-35-37-39-41-57-43-45(44-58-51-50(56)49(55)48(54)46(42-52)60-51)59-47(53)40-38-36-34-32-30-28-26-24-20-18-16-14-12-10-8-6-4-2/h5,7,11,13,17-20,22-23,45-46,48-52,54-56H,3-4,6,8-10,12,14-16,21,24-44H2,1-2H3/b7-5-,13-11-,19-17-,20-18-,23-22-. The number of carbonyl (C=O) groups excluding carboxylic acids is 1. The van der Waals surface area contributed by atoms with E-state index in [4.69, 9.17) is 18.9 Å². The second-order valence-electron chi connectivity index (χ2n) is 16.5. The quantitative estimate of drug-likeness (QED) is 0.0269. The number of rotatable bonds is 41. The summed E-state index contributed by atoms with van der Waals surface area (Å²) in [6.07, 6.45) is 46.7. The largest absolute Gasteiger partial charge is 0.457 e. The summed E-state index contributed by atoms with van der Waals surface area (Å²) in [4.78, 5) is 12.8.